The van der Waals surface area contributed by atoms with Crippen molar-refractivity contribution in [3.05, 3.63) is 35.9 Å². The van der Waals surface area contributed by atoms with Gasteiger partial charge in [0.25, 0.3) is 0 Å². The molecule has 2 rings (SSSR count). The summed E-state index contributed by atoms with van der Waals surface area (Å²) in [5, 5.41) is 9.98. The average molecular weight is 291 g/mol. The summed E-state index contributed by atoms with van der Waals surface area (Å²) in [6, 6.07) is 10.3. The molecule has 1 fully saturated rings. The Morgan fingerprint density at radius 1 is 1.19 bits per heavy atom. The van der Waals surface area contributed by atoms with Crippen LogP contribution in [0.2, 0.25) is 0 Å². The van der Waals surface area contributed by atoms with Crippen molar-refractivity contribution in [1.82, 2.24) is 4.90 Å². The van der Waals surface area contributed by atoms with Crippen LogP contribution in [0.15, 0.2) is 30.3 Å². The molecule has 4 nitrogen and oxygen atoms in total. The van der Waals surface area contributed by atoms with Crippen LogP contribution in [0.3, 0.4) is 0 Å². The zero-order valence-corrected chi connectivity index (χ0v) is 12.5. The van der Waals surface area contributed by atoms with Crippen molar-refractivity contribution in [2.24, 2.45) is 0 Å². The molecule has 1 atom stereocenters. The summed E-state index contributed by atoms with van der Waals surface area (Å²) in [6.07, 6.45) is 3.31. The van der Waals surface area contributed by atoms with Gasteiger partial charge in [-0.3, -0.25) is 4.79 Å². The molecule has 0 aliphatic carbocycles. The fourth-order valence-electron chi connectivity index (χ4n) is 2.59. The SMILES string of the molecule is O=C(CC[C@@H](O)CCCc1ccccc1)N1CCOCC1. The fourth-order valence-corrected chi connectivity index (χ4v) is 2.59. The smallest absolute Gasteiger partial charge is 0.222 e. The molecular weight excluding hydrogens is 266 g/mol. The first-order chi connectivity index (χ1) is 10.3. The van der Waals surface area contributed by atoms with E-state index in [4.69, 9.17) is 4.74 Å². The van der Waals surface area contributed by atoms with E-state index in [0.29, 0.717) is 39.1 Å². The number of morpholine rings is 1. The van der Waals surface area contributed by atoms with Gasteiger partial charge < -0.3 is 14.7 Å². The van der Waals surface area contributed by atoms with E-state index >= 15 is 0 Å². The van der Waals surface area contributed by atoms with Gasteiger partial charge in [-0.25, -0.2) is 0 Å². The number of hydrogen-bond donors (Lipinski definition) is 1. The molecule has 1 heterocycles. The minimum atomic E-state index is -0.376. The van der Waals surface area contributed by atoms with E-state index < -0.39 is 0 Å². The zero-order valence-electron chi connectivity index (χ0n) is 12.5. The Morgan fingerprint density at radius 3 is 2.62 bits per heavy atom. The molecule has 0 bridgehead atoms. The average Bonchev–Trinajstić information content (AvgIpc) is 2.54. The monoisotopic (exact) mass is 291 g/mol. The summed E-state index contributed by atoms with van der Waals surface area (Å²) in [5.74, 6) is 0.139. The molecule has 21 heavy (non-hydrogen) atoms. The highest BCUT2D eigenvalue weighted by atomic mass is 16.5. The van der Waals surface area contributed by atoms with Crippen molar-refractivity contribution < 1.29 is 14.6 Å². The minimum Gasteiger partial charge on any atom is -0.393 e. The Labute approximate surface area is 126 Å². The van der Waals surface area contributed by atoms with Crippen molar-refractivity contribution in [1.29, 1.82) is 0 Å². The molecular formula is C17H25NO3. The molecule has 1 saturated heterocycles. The molecule has 4 heteroatoms. The van der Waals surface area contributed by atoms with Gasteiger partial charge >= 0.3 is 0 Å². The maximum Gasteiger partial charge on any atom is 0.222 e. The molecule has 0 saturated carbocycles. The standard InChI is InChI=1S/C17H25NO3/c19-16(8-4-7-15-5-2-1-3-6-15)9-10-17(20)18-11-13-21-14-12-18/h1-3,5-6,16,19H,4,7-14H2/t16-/m0/s1. The van der Waals surface area contributed by atoms with Crippen molar-refractivity contribution in [2.45, 2.75) is 38.2 Å². The van der Waals surface area contributed by atoms with E-state index in [1.54, 1.807) is 0 Å². The summed E-state index contributed by atoms with van der Waals surface area (Å²) in [6.45, 7) is 2.63. The third-order valence-electron chi connectivity index (χ3n) is 3.90. The fraction of sp³-hybridized carbons (Fsp3) is 0.588. The number of aliphatic hydroxyl groups excluding tert-OH is 1. The summed E-state index contributed by atoms with van der Waals surface area (Å²) in [7, 11) is 0. The minimum absolute atomic E-state index is 0.139. The summed E-state index contributed by atoms with van der Waals surface area (Å²) >= 11 is 0. The van der Waals surface area contributed by atoms with Crippen LogP contribution in [-0.4, -0.2) is 48.3 Å². The number of carbonyl (C=O) groups is 1. The second-order valence-corrected chi connectivity index (χ2v) is 5.56. The molecule has 1 aliphatic rings. The Balaban J connectivity index is 1.58. The number of rotatable bonds is 7. The highest BCUT2D eigenvalue weighted by Crippen LogP contribution is 2.11. The van der Waals surface area contributed by atoms with E-state index in [1.165, 1.54) is 5.56 Å². The number of carbonyl (C=O) groups excluding carboxylic acids is 1. The Kier molecular flexibility index (Phi) is 6.70. The molecule has 0 spiro atoms. The molecule has 1 aliphatic heterocycles. The van der Waals surface area contributed by atoms with Crippen LogP contribution < -0.4 is 0 Å². The highest BCUT2D eigenvalue weighted by Gasteiger charge is 2.17. The predicted molar refractivity (Wildman–Crippen MR) is 82.0 cm³/mol. The number of benzene rings is 1. The Bertz CT molecular complexity index is 415. The lowest BCUT2D eigenvalue weighted by atomic mass is 10.0. The predicted octanol–water partition coefficient (Wildman–Crippen LogP) is 2.01. The Morgan fingerprint density at radius 2 is 1.90 bits per heavy atom. The van der Waals surface area contributed by atoms with Gasteiger partial charge in [-0.05, 0) is 31.2 Å². The van der Waals surface area contributed by atoms with Gasteiger partial charge in [0.1, 0.15) is 0 Å². The van der Waals surface area contributed by atoms with E-state index in [-0.39, 0.29) is 12.0 Å². The molecule has 1 aromatic rings. The number of hydrogen-bond acceptors (Lipinski definition) is 3. The highest BCUT2D eigenvalue weighted by molar-refractivity contribution is 5.76. The van der Waals surface area contributed by atoms with Gasteiger partial charge in [-0.15, -0.1) is 0 Å². The van der Waals surface area contributed by atoms with Crippen molar-refractivity contribution in [2.75, 3.05) is 26.3 Å². The molecule has 0 radical (unpaired) electrons. The topological polar surface area (TPSA) is 49.8 Å². The first-order valence-electron chi connectivity index (χ1n) is 7.83. The van der Waals surface area contributed by atoms with E-state index in [1.807, 2.05) is 23.1 Å². The normalized spacial score (nSPS) is 16.7. The lowest BCUT2D eigenvalue weighted by Crippen LogP contribution is -2.40. The van der Waals surface area contributed by atoms with Crippen molar-refractivity contribution >= 4 is 5.91 Å². The molecule has 116 valence electrons. The van der Waals surface area contributed by atoms with Crippen LogP contribution in [-0.2, 0) is 16.0 Å². The number of nitrogens with zero attached hydrogens (tertiary/aromatic N) is 1. The number of aliphatic hydroxyl groups is 1. The van der Waals surface area contributed by atoms with Crippen LogP contribution in [0, 0.1) is 0 Å². The number of amides is 1. The molecule has 1 N–H and O–H groups in total. The quantitative estimate of drug-likeness (QED) is 0.836. The van der Waals surface area contributed by atoms with Gasteiger partial charge in [0.2, 0.25) is 5.91 Å². The second kappa shape index (κ2) is 8.80. The van der Waals surface area contributed by atoms with Gasteiger partial charge in [-0.1, -0.05) is 30.3 Å². The first kappa shape index (κ1) is 16.0. The van der Waals surface area contributed by atoms with Crippen molar-refractivity contribution in [3.63, 3.8) is 0 Å². The van der Waals surface area contributed by atoms with Crippen molar-refractivity contribution in [3.8, 4) is 0 Å². The summed E-state index contributed by atoms with van der Waals surface area (Å²) in [5.41, 5.74) is 1.30. The van der Waals surface area contributed by atoms with Crippen LogP contribution in [0.4, 0.5) is 0 Å². The lowest BCUT2D eigenvalue weighted by Gasteiger charge is -2.27. The molecule has 1 amide bonds. The Hall–Kier alpha value is -1.39. The third kappa shape index (κ3) is 5.86. The largest absolute Gasteiger partial charge is 0.393 e. The van der Waals surface area contributed by atoms with Crippen LogP contribution >= 0.6 is 0 Å². The zero-order chi connectivity index (χ0) is 14.9. The maximum absolute atomic E-state index is 12.0. The van der Waals surface area contributed by atoms with Gasteiger partial charge in [0.05, 0.1) is 19.3 Å². The van der Waals surface area contributed by atoms with Gasteiger partial charge in [-0.2, -0.15) is 0 Å². The van der Waals surface area contributed by atoms with E-state index in [2.05, 4.69) is 12.1 Å². The van der Waals surface area contributed by atoms with Crippen LogP contribution in [0.25, 0.3) is 0 Å². The molecule has 0 aromatic heterocycles. The van der Waals surface area contributed by atoms with Crippen LogP contribution in [0.1, 0.15) is 31.2 Å². The molecule has 0 unspecified atom stereocenters. The number of ether oxygens (including phenoxy) is 1. The second-order valence-electron chi connectivity index (χ2n) is 5.56. The number of aryl methyl sites for hydroxylation is 1. The van der Waals surface area contributed by atoms with E-state index in [0.717, 1.165) is 19.3 Å². The summed E-state index contributed by atoms with van der Waals surface area (Å²) < 4.78 is 5.23. The summed E-state index contributed by atoms with van der Waals surface area (Å²) in [4.78, 5) is 13.8. The molecule has 1 aromatic carbocycles. The third-order valence-corrected chi connectivity index (χ3v) is 3.90. The van der Waals surface area contributed by atoms with Gasteiger partial charge in [0, 0.05) is 19.5 Å². The van der Waals surface area contributed by atoms with Gasteiger partial charge in [0.15, 0.2) is 0 Å². The van der Waals surface area contributed by atoms with Crippen LogP contribution in [0.5, 0.6) is 0 Å². The first-order valence-corrected chi connectivity index (χ1v) is 7.83. The van der Waals surface area contributed by atoms with E-state index in [9.17, 15) is 9.90 Å². The lowest BCUT2D eigenvalue weighted by molar-refractivity contribution is -0.135. The maximum atomic E-state index is 12.0.